The average molecular weight is 319 g/mol. The maximum atomic E-state index is 10.9. The van der Waals surface area contributed by atoms with Gasteiger partial charge in [-0.05, 0) is 48.5 Å². The number of hydrazone groups is 1. The van der Waals surface area contributed by atoms with E-state index in [0.717, 1.165) is 5.75 Å². The molecule has 0 bridgehead atoms. The van der Waals surface area contributed by atoms with E-state index in [-0.39, 0.29) is 11.0 Å². The first-order valence-electron chi connectivity index (χ1n) is 6.50. The van der Waals surface area contributed by atoms with Gasteiger partial charge in [-0.2, -0.15) is 5.10 Å². The predicted molar refractivity (Wildman–Crippen MR) is 87.1 cm³/mol. The van der Waals surface area contributed by atoms with Crippen molar-refractivity contribution in [2.75, 3.05) is 12.5 Å². The number of rotatable bonds is 6. The number of nitrogens with zero attached hydrogens (tertiary/aromatic N) is 1. The molecule has 6 heteroatoms. The van der Waals surface area contributed by atoms with Gasteiger partial charge in [0.15, 0.2) is 11.0 Å². The van der Waals surface area contributed by atoms with Crippen LogP contribution in [0.15, 0.2) is 53.6 Å². The van der Waals surface area contributed by atoms with Crippen molar-refractivity contribution in [3.63, 3.8) is 0 Å². The van der Waals surface area contributed by atoms with Gasteiger partial charge in [-0.3, -0.25) is 10.2 Å². The summed E-state index contributed by atoms with van der Waals surface area (Å²) in [5.41, 5.74) is 3.39. The van der Waals surface area contributed by atoms with Crippen LogP contribution in [0, 0.1) is 0 Å². The molecule has 22 heavy (non-hydrogen) atoms. The fourth-order valence-electron chi connectivity index (χ4n) is 1.57. The molecule has 0 aliphatic carbocycles. The minimum absolute atomic E-state index is 0.0986. The fourth-order valence-corrected chi connectivity index (χ4v) is 1.61. The first kappa shape index (κ1) is 15.9. The molecular formula is C16H15ClN2O3. The molecule has 0 radical (unpaired) electrons. The average Bonchev–Trinajstić information content (AvgIpc) is 2.54. The molecule has 0 fully saturated rings. The third kappa shape index (κ3) is 4.49. The van der Waals surface area contributed by atoms with Crippen LogP contribution in [-0.4, -0.2) is 18.1 Å². The van der Waals surface area contributed by atoms with Crippen molar-refractivity contribution in [3.8, 4) is 17.2 Å². The van der Waals surface area contributed by atoms with Crippen LogP contribution in [0.4, 0.5) is 5.69 Å². The lowest BCUT2D eigenvalue weighted by Gasteiger charge is -2.07. The van der Waals surface area contributed by atoms with E-state index < -0.39 is 0 Å². The number of nitrogens with one attached hydrogen (secondary N) is 1. The molecule has 0 atom stereocenters. The Morgan fingerprint density at radius 2 is 1.50 bits per heavy atom. The van der Waals surface area contributed by atoms with Crippen molar-refractivity contribution in [3.05, 3.63) is 48.5 Å². The predicted octanol–water partition coefficient (Wildman–Crippen LogP) is 4.04. The van der Waals surface area contributed by atoms with Crippen molar-refractivity contribution >= 4 is 28.2 Å². The monoisotopic (exact) mass is 318 g/mol. The summed E-state index contributed by atoms with van der Waals surface area (Å²) in [5.74, 6) is 1.86. The minimum atomic E-state index is -0.298. The quantitative estimate of drug-likeness (QED) is 0.645. The number of ketones is 1. The molecule has 0 saturated carbocycles. The molecule has 0 saturated heterocycles. The third-order valence-electron chi connectivity index (χ3n) is 2.72. The second kappa shape index (κ2) is 7.47. The van der Waals surface area contributed by atoms with Crippen molar-refractivity contribution in [1.29, 1.82) is 0 Å². The highest BCUT2D eigenvalue weighted by molar-refractivity contribution is 6.82. The number of hydrogen-bond acceptors (Lipinski definition) is 5. The lowest BCUT2D eigenvalue weighted by Crippen LogP contribution is -2.04. The number of benzene rings is 2. The summed E-state index contributed by atoms with van der Waals surface area (Å²) in [6.45, 7) is 1.35. The summed E-state index contributed by atoms with van der Waals surface area (Å²) < 4.78 is 10.8. The van der Waals surface area contributed by atoms with E-state index in [2.05, 4.69) is 10.5 Å². The molecule has 2 aromatic rings. The minimum Gasteiger partial charge on any atom is -0.497 e. The molecule has 0 aliphatic rings. The Kier molecular flexibility index (Phi) is 5.38. The molecular weight excluding hydrogens is 304 g/mol. The van der Waals surface area contributed by atoms with E-state index in [0.29, 0.717) is 17.2 Å². The third-order valence-corrected chi connectivity index (χ3v) is 3.07. The second-order valence-corrected chi connectivity index (χ2v) is 4.73. The number of ether oxygens (including phenoxy) is 2. The van der Waals surface area contributed by atoms with E-state index >= 15 is 0 Å². The Balaban J connectivity index is 1.99. The Hall–Kier alpha value is -2.53. The van der Waals surface area contributed by atoms with Gasteiger partial charge in [0.1, 0.15) is 17.2 Å². The van der Waals surface area contributed by atoms with Crippen LogP contribution in [0.2, 0.25) is 0 Å². The van der Waals surface area contributed by atoms with Crippen LogP contribution >= 0.6 is 11.6 Å². The topological polar surface area (TPSA) is 59.9 Å². The van der Waals surface area contributed by atoms with E-state index in [1.165, 1.54) is 6.92 Å². The molecule has 0 amide bonds. The van der Waals surface area contributed by atoms with Gasteiger partial charge in [-0.15, -0.1) is 0 Å². The number of methoxy groups -OCH3 is 1. The van der Waals surface area contributed by atoms with Gasteiger partial charge in [0.2, 0.25) is 0 Å². The van der Waals surface area contributed by atoms with Crippen molar-refractivity contribution in [2.45, 2.75) is 6.92 Å². The molecule has 0 unspecified atom stereocenters. The molecule has 114 valence electrons. The van der Waals surface area contributed by atoms with Crippen LogP contribution in [0.25, 0.3) is 0 Å². The number of Topliss-reactive ketones (excluding diaryl/α,β-unsaturated/α-hetero) is 1. The van der Waals surface area contributed by atoms with Crippen molar-refractivity contribution in [1.82, 2.24) is 0 Å². The van der Waals surface area contributed by atoms with Crippen molar-refractivity contribution in [2.24, 2.45) is 5.10 Å². The normalized spacial score (nSPS) is 11.0. The Bertz CT molecular complexity index is 667. The van der Waals surface area contributed by atoms with Gasteiger partial charge in [0.25, 0.3) is 0 Å². The summed E-state index contributed by atoms with van der Waals surface area (Å²) in [6, 6.07) is 14.4. The lowest BCUT2D eigenvalue weighted by molar-refractivity contribution is -0.110. The zero-order valence-corrected chi connectivity index (χ0v) is 12.9. The number of halogens is 1. The molecule has 5 nitrogen and oxygen atoms in total. The second-order valence-electron chi connectivity index (χ2n) is 4.37. The first-order valence-corrected chi connectivity index (χ1v) is 6.88. The standard InChI is InChI=1S/C16H15ClN2O3/c1-11(20)16(17)19-18-12-3-5-14(6-4-12)22-15-9-7-13(21-2)8-10-15/h3-10,18H,1-2H3/b19-16-. The number of hydrogen-bond donors (Lipinski definition) is 1. The molecule has 2 aromatic carbocycles. The SMILES string of the molecule is COc1ccc(Oc2ccc(N/N=C(\Cl)C(C)=O)cc2)cc1. The Morgan fingerprint density at radius 1 is 1.00 bits per heavy atom. The van der Waals surface area contributed by atoms with Crippen LogP contribution in [0.1, 0.15) is 6.92 Å². The van der Waals surface area contributed by atoms with E-state index in [1.54, 1.807) is 31.4 Å². The summed E-state index contributed by atoms with van der Waals surface area (Å²) in [4.78, 5) is 10.9. The number of carbonyl (C=O) groups is 1. The van der Waals surface area contributed by atoms with Gasteiger partial charge < -0.3 is 9.47 Å². The lowest BCUT2D eigenvalue weighted by atomic mass is 10.3. The molecule has 0 spiro atoms. The summed E-state index contributed by atoms with van der Waals surface area (Å²) in [6.07, 6.45) is 0. The van der Waals surface area contributed by atoms with Crippen LogP contribution in [0.5, 0.6) is 17.2 Å². The summed E-state index contributed by atoms with van der Waals surface area (Å²) >= 11 is 5.63. The van der Waals surface area contributed by atoms with E-state index in [4.69, 9.17) is 21.1 Å². The maximum Gasteiger partial charge on any atom is 0.191 e. The van der Waals surface area contributed by atoms with Crippen LogP contribution in [-0.2, 0) is 4.79 Å². The molecule has 2 rings (SSSR count). The Labute approximate surface area is 133 Å². The molecule has 0 aliphatic heterocycles. The molecule has 1 N–H and O–H groups in total. The van der Waals surface area contributed by atoms with Gasteiger partial charge >= 0.3 is 0 Å². The summed E-state index contributed by atoms with van der Waals surface area (Å²) in [7, 11) is 1.61. The highest BCUT2D eigenvalue weighted by Crippen LogP contribution is 2.24. The molecule has 0 aromatic heterocycles. The Morgan fingerprint density at radius 3 is 2.00 bits per heavy atom. The molecule has 0 heterocycles. The maximum absolute atomic E-state index is 10.9. The van der Waals surface area contributed by atoms with E-state index in [9.17, 15) is 4.79 Å². The van der Waals surface area contributed by atoms with Crippen LogP contribution < -0.4 is 14.9 Å². The highest BCUT2D eigenvalue weighted by Gasteiger charge is 2.01. The van der Waals surface area contributed by atoms with Gasteiger partial charge in [-0.25, -0.2) is 0 Å². The van der Waals surface area contributed by atoms with Crippen molar-refractivity contribution < 1.29 is 14.3 Å². The number of anilines is 1. The zero-order valence-electron chi connectivity index (χ0n) is 12.2. The smallest absolute Gasteiger partial charge is 0.191 e. The number of carbonyl (C=O) groups excluding carboxylic acids is 1. The van der Waals surface area contributed by atoms with Crippen LogP contribution in [0.3, 0.4) is 0 Å². The largest absolute Gasteiger partial charge is 0.497 e. The van der Waals surface area contributed by atoms with Gasteiger partial charge in [0.05, 0.1) is 12.8 Å². The van der Waals surface area contributed by atoms with E-state index in [1.807, 2.05) is 24.3 Å². The summed E-state index contributed by atoms with van der Waals surface area (Å²) in [5, 5.41) is 3.66. The van der Waals surface area contributed by atoms with Gasteiger partial charge in [-0.1, -0.05) is 11.6 Å². The van der Waals surface area contributed by atoms with Gasteiger partial charge in [0, 0.05) is 6.92 Å². The fraction of sp³-hybridized carbons (Fsp3) is 0.125. The first-order chi connectivity index (χ1) is 10.6. The zero-order chi connectivity index (χ0) is 15.9. The highest BCUT2D eigenvalue weighted by atomic mass is 35.5.